The van der Waals surface area contributed by atoms with Crippen LogP contribution in [0.3, 0.4) is 0 Å². The minimum absolute atomic E-state index is 0.0322. The van der Waals surface area contributed by atoms with Gasteiger partial charge in [-0.25, -0.2) is 0 Å². The molecule has 1 saturated heterocycles. The van der Waals surface area contributed by atoms with Gasteiger partial charge in [-0.15, -0.1) is 0 Å². The number of ether oxygens (including phenoxy) is 4. The third-order valence-electron chi connectivity index (χ3n) is 15.6. The van der Waals surface area contributed by atoms with Crippen LogP contribution in [0.25, 0.3) is 10.9 Å². The molecule has 12 nitrogen and oxygen atoms in total. The highest BCUT2D eigenvalue weighted by atomic mass is 16.6. The molecule has 1 aromatic heterocycles. The lowest BCUT2D eigenvalue weighted by molar-refractivity contribution is -0.233. The molecule has 2 unspecified atom stereocenters. The first-order valence-electron chi connectivity index (χ1n) is 22.3. The van der Waals surface area contributed by atoms with Gasteiger partial charge in [-0.3, -0.25) is 24.2 Å². The lowest BCUT2D eigenvalue weighted by Crippen LogP contribution is -2.80. The molecular weight excluding hydrogens is 773 g/mol. The maximum Gasteiger partial charge on any atom is 0.322 e. The summed E-state index contributed by atoms with van der Waals surface area (Å²) in [4.78, 5) is 52.7. The number of likely N-dealkylation sites (N-methyl/N-ethyl adjacent to an activating group) is 1. The molecule has 12 heteroatoms. The molecule has 1 spiro atoms. The summed E-state index contributed by atoms with van der Waals surface area (Å²) in [5, 5.41) is 14.8. The van der Waals surface area contributed by atoms with Crippen LogP contribution in [0.2, 0.25) is 0 Å². The Morgan fingerprint density at radius 2 is 1.84 bits per heavy atom. The summed E-state index contributed by atoms with van der Waals surface area (Å²) < 4.78 is 24.8. The number of carbonyl (C=O) groups excluding carboxylic acids is 3. The van der Waals surface area contributed by atoms with Gasteiger partial charge in [0, 0.05) is 90.9 Å². The van der Waals surface area contributed by atoms with Gasteiger partial charge in [-0.2, -0.15) is 0 Å². The number of hydrogen-bond acceptors (Lipinski definition) is 11. The highest BCUT2D eigenvalue weighted by Crippen LogP contribution is 2.68. The van der Waals surface area contributed by atoms with Crippen LogP contribution in [-0.4, -0.2) is 122 Å². The molecule has 5 aliphatic heterocycles. The Hall–Kier alpha value is -4.65. The number of aromatic amines is 1. The molecule has 2 fully saturated rings. The van der Waals surface area contributed by atoms with Crippen LogP contribution < -0.4 is 9.64 Å². The lowest BCUT2D eigenvalue weighted by Gasteiger charge is -2.64. The molecule has 0 radical (unpaired) electrons. The summed E-state index contributed by atoms with van der Waals surface area (Å²) in [5.74, 6) is -1.18. The van der Waals surface area contributed by atoms with E-state index in [0.29, 0.717) is 37.1 Å². The van der Waals surface area contributed by atoms with Gasteiger partial charge in [0.25, 0.3) is 0 Å². The van der Waals surface area contributed by atoms with Crippen molar-refractivity contribution < 1.29 is 38.4 Å². The number of benzene rings is 2. The van der Waals surface area contributed by atoms with Gasteiger partial charge in [-0.05, 0) is 67.8 Å². The molecule has 2 bridgehead atoms. The zero-order chi connectivity index (χ0) is 43.2. The van der Waals surface area contributed by atoms with Gasteiger partial charge < -0.3 is 33.9 Å². The number of nitrogens with zero attached hydrogens (tertiary/aromatic N) is 3. The van der Waals surface area contributed by atoms with Crippen molar-refractivity contribution in [2.24, 2.45) is 17.3 Å². The summed E-state index contributed by atoms with van der Waals surface area (Å²) in [7, 11) is 5.10. The number of aromatic nitrogens is 1. The number of fused-ring (bicyclic) bond motifs is 6. The van der Waals surface area contributed by atoms with E-state index in [-0.39, 0.29) is 24.5 Å². The van der Waals surface area contributed by atoms with E-state index >= 15 is 4.79 Å². The predicted octanol–water partition coefficient (Wildman–Crippen LogP) is 5.82. The summed E-state index contributed by atoms with van der Waals surface area (Å²) in [6.45, 7) is 12.8. The van der Waals surface area contributed by atoms with E-state index in [1.54, 1.807) is 21.0 Å². The monoisotopic (exact) mass is 834 g/mol. The Morgan fingerprint density at radius 1 is 1.05 bits per heavy atom. The normalized spacial score (nSPS) is 33.7. The van der Waals surface area contributed by atoms with Crippen molar-refractivity contribution in [2.75, 3.05) is 65.5 Å². The number of carbonyl (C=O) groups is 3. The number of anilines is 1. The van der Waals surface area contributed by atoms with Crippen LogP contribution in [0, 0.1) is 17.3 Å². The Balaban J connectivity index is 1.35. The topological polar surface area (TPSA) is 134 Å². The van der Waals surface area contributed by atoms with Crippen LogP contribution in [0.15, 0.2) is 60.2 Å². The fourth-order valence-electron chi connectivity index (χ4n) is 13.3. The molecule has 1 saturated carbocycles. The zero-order valence-electron chi connectivity index (χ0n) is 37.0. The van der Waals surface area contributed by atoms with Crippen LogP contribution >= 0.6 is 0 Å². The number of para-hydroxylation sites is 1. The molecular formula is C49H62N4O8. The summed E-state index contributed by atoms with van der Waals surface area (Å²) in [6, 6.07) is 11.6. The fraction of sp³-hybridized carbons (Fsp3) is 0.571. The summed E-state index contributed by atoms with van der Waals surface area (Å²) in [6.07, 6.45) is 8.97. The van der Waals surface area contributed by atoms with Gasteiger partial charge in [0.05, 0.1) is 26.2 Å². The smallest absolute Gasteiger partial charge is 0.322 e. The Kier molecular flexibility index (Phi) is 10.3. The minimum atomic E-state index is -1.85. The molecule has 6 heterocycles. The summed E-state index contributed by atoms with van der Waals surface area (Å²) >= 11 is 0. The largest absolute Gasteiger partial charge is 0.496 e. The van der Waals surface area contributed by atoms with Gasteiger partial charge in [0.1, 0.15) is 23.9 Å². The summed E-state index contributed by atoms with van der Waals surface area (Å²) in [5.41, 5.74) is 2.00. The molecule has 9 rings (SSSR count). The van der Waals surface area contributed by atoms with E-state index in [9.17, 15) is 14.7 Å². The van der Waals surface area contributed by atoms with E-state index in [1.807, 2.05) is 19.2 Å². The van der Waals surface area contributed by atoms with Crippen molar-refractivity contribution in [2.45, 2.75) is 101 Å². The van der Waals surface area contributed by atoms with Crippen molar-refractivity contribution >= 4 is 34.5 Å². The second kappa shape index (κ2) is 15.0. The van der Waals surface area contributed by atoms with Crippen LogP contribution in [0.4, 0.5) is 5.69 Å². The first-order valence-corrected chi connectivity index (χ1v) is 22.3. The molecule has 0 amide bonds. The predicted molar refractivity (Wildman–Crippen MR) is 233 cm³/mol. The van der Waals surface area contributed by atoms with E-state index in [2.05, 4.69) is 76.0 Å². The lowest BCUT2D eigenvalue weighted by atomic mass is 9.47. The fourth-order valence-corrected chi connectivity index (χ4v) is 13.3. The molecule has 3 aromatic rings. The average Bonchev–Trinajstić information content (AvgIpc) is 3.92. The van der Waals surface area contributed by atoms with Crippen molar-refractivity contribution in [3.05, 3.63) is 82.6 Å². The number of hydrogen-bond donors (Lipinski definition) is 2. The van der Waals surface area contributed by atoms with Crippen LogP contribution in [-0.2, 0) is 45.8 Å². The van der Waals surface area contributed by atoms with E-state index in [0.717, 1.165) is 72.4 Å². The SMILES string of the molecule is CCC1=C[C@@H]2CN(CCc3c([nH]c4ccccc34)[C@@](C(=O)OC)(c3cc4c(cc3OC)N(C)[C@H]3[C@@](O)(COC(=O)C(C)C)[C@H](OC(C)=O)[C@]5(CC)C=CCN6CC[C@]43C65)C2)C1. The van der Waals surface area contributed by atoms with Crippen LogP contribution in [0.1, 0.15) is 82.7 Å². The molecule has 6 aliphatic rings. The molecule has 61 heavy (non-hydrogen) atoms. The minimum Gasteiger partial charge on any atom is -0.496 e. The molecule has 1 aliphatic carbocycles. The second-order valence-electron chi connectivity index (χ2n) is 18.9. The Morgan fingerprint density at radius 3 is 2.54 bits per heavy atom. The van der Waals surface area contributed by atoms with Crippen molar-refractivity contribution in [3.8, 4) is 5.75 Å². The van der Waals surface area contributed by atoms with E-state index < -0.39 is 51.8 Å². The molecule has 2 aromatic carbocycles. The molecule has 2 N–H and O–H groups in total. The zero-order valence-corrected chi connectivity index (χ0v) is 37.0. The van der Waals surface area contributed by atoms with Gasteiger partial charge in [-0.1, -0.05) is 69.7 Å². The first kappa shape index (κ1) is 41.7. The number of esters is 3. The van der Waals surface area contributed by atoms with Crippen molar-refractivity contribution in [1.29, 1.82) is 0 Å². The third kappa shape index (κ3) is 5.83. The number of methoxy groups -OCH3 is 2. The third-order valence-corrected chi connectivity index (χ3v) is 15.6. The average molecular weight is 835 g/mol. The highest BCUT2D eigenvalue weighted by molar-refractivity contribution is 5.94. The van der Waals surface area contributed by atoms with Gasteiger partial charge in [0.15, 0.2) is 5.60 Å². The van der Waals surface area contributed by atoms with E-state index in [4.69, 9.17) is 18.9 Å². The number of nitrogens with one attached hydrogen (secondary N) is 1. The van der Waals surface area contributed by atoms with Crippen LogP contribution in [0.5, 0.6) is 5.75 Å². The number of rotatable bonds is 9. The van der Waals surface area contributed by atoms with Crippen molar-refractivity contribution in [1.82, 2.24) is 14.8 Å². The Labute approximate surface area is 359 Å². The number of H-pyrrole nitrogens is 1. The standard InChI is InChI=1S/C49H62N4O8/c1-9-31-22-32-25-48(45(56)59-8,40-34(16-20-52(26-31)27-32)33-14-11-12-15-37(33)50-40)36-23-35-38(24-39(36)58-7)51(6)43-47(35)18-21-53-19-13-17-46(10-2,42(47)53)44(61-30(5)54)49(43,57)28-60-41(55)29(3)4/h11-15,17,22-24,29,32,42-44,50,57H,9-10,16,18-21,25-28H2,1-8H3/t32-,42?,43+,44+,46+,47+,48-,49-/m0/s1. The second-order valence-corrected chi connectivity index (χ2v) is 18.9. The molecule has 9 atom stereocenters. The highest BCUT2D eigenvalue weighted by Gasteiger charge is 2.78. The number of aliphatic hydroxyl groups is 1. The van der Waals surface area contributed by atoms with Gasteiger partial charge in [0.2, 0.25) is 0 Å². The van der Waals surface area contributed by atoms with Gasteiger partial charge >= 0.3 is 17.9 Å². The van der Waals surface area contributed by atoms with Crippen molar-refractivity contribution in [3.63, 3.8) is 0 Å². The quantitative estimate of drug-likeness (QED) is 0.154. The maximum absolute atomic E-state index is 15.4. The first-order chi connectivity index (χ1) is 29.2. The Bertz CT molecular complexity index is 2330. The van der Waals surface area contributed by atoms with E-state index in [1.165, 1.54) is 19.6 Å². The molecule has 326 valence electrons. The maximum atomic E-state index is 15.4.